The molecule has 0 fully saturated rings. The first-order valence-electron chi connectivity index (χ1n) is 7.33. The summed E-state index contributed by atoms with van der Waals surface area (Å²) in [5.74, 6) is 3.30. The molecule has 0 aliphatic rings. The van der Waals surface area contributed by atoms with Crippen LogP contribution >= 0.6 is 0 Å². The van der Waals surface area contributed by atoms with Gasteiger partial charge in [-0.1, -0.05) is 17.3 Å². The van der Waals surface area contributed by atoms with Crippen LogP contribution in [0.15, 0.2) is 45.3 Å². The standard InChI is InChI=1S/C17H19N3O3/c1-20(2)11-14-8-9-15(22-14)17-18-16(19-23-17)10-12-4-6-13(21-3)7-5-12/h4-9H,10-11H2,1-3H3. The molecule has 0 N–H and O–H groups in total. The van der Waals surface area contributed by atoms with Crippen molar-refractivity contribution in [1.82, 2.24) is 15.0 Å². The Morgan fingerprint density at radius 3 is 2.57 bits per heavy atom. The van der Waals surface area contributed by atoms with Gasteiger partial charge >= 0.3 is 0 Å². The van der Waals surface area contributed by atoms with E-state index in [1.807, 2.05) is 55.4 Å². The van der Waals surface area contributed by atoms with E-state index in [2.05, 4.69) is 10.1 Å². The minimum Gasteiger partial charge on any atom is -0.497 e. The Kier molecular flexibility index (Phi) is 4.43. The first-order valence-corrected chi connectivity index (χ1v) is 7.33. The van der Waals surface area contributed by atoms with Crippen molar-refractivity contribution >= 4 is 0 Å². The molecule has 0 saturated heterocycles. The monoisotopic (exact) mass is 313 g/mol. The van der Waals surface area contributed by atoms with Crippen molar-refractivity contribution in [2.75, 3.05) is 21.2 Å². The third kappa shape index (κ3) is 3.78. The summed E-state index contributed by atoms with van der Waals surface area (Å²) in [6, 6.07) is 11.6. The van der Waals surface area contributed by atoms with Crippen molar-refractivity contribution in [3.8, 4) is 17.4 Å². The molecule has 0 atom stereocenters. The van der Waals surface area contributed by atoms with Gasteiger partial charge in [-0.2, -0.15) is 4.98 Å². The molecular weight excluding hydrogens is 294 g/mol. The van der Waals surface area contributed by atoms with Crippen molar-refractivity contribution in [1.29, 1.82) is 0 Å². The highest BCUT2D eigenvalue weighted by atomic mass is 16.5. The van der Waals surface area contributed by atoms with Gasteiger partial charge < -0.3 is 18.6 Å². The highest BCUT2D eigenvalue weighted by molar-refractivity contribution is 5.44. The number of rotatable bonds is 6. The van der Waals surface area contributed by atoms with Crippen LogP contribution < -0.4 is 4.74 Å². The zero-order valence-electron chi connectivity index (χ0n) is 13.4. The fourth-order valence-corrected chi connectivity index (χ4v) is 2.24. The van der Waals surface area contributed by atoms with Gasteiger partial charge in [-0.15, -0.1) is 0 Å². The minimum absolute atomic E-state index is 0.401. The summed E-state index contributed by atoms with van der Waals surface area (Å²) in [6.45, 7) is 0.729. The van der Waals surface area contributed by atoms with Gasteiger partial charge in [-0.3, -0.25) is 0 Å². The largest absolute Gasteiger partial charge is 0.497 e. The lowest BCUT2D eigenvalue weighted by Crippen LogP contribution is -2.09. The van der Waals surface area contributed by atoms with Gasteiger partial charge in [0.25, 0.3) is 5.89 Å². The molecule has 2 heterocycles. The molecule has 6 nitrogen and oxygen atoms in total. The Bertz CT molecular complexity index is 759. The van der Waals surface area contributed by atoms with E-state index in [-0.39, 0.29) is 0 Å². The zero-order valence-corrected chi connectivity index (χ0v) is 13.4. The van der Waals surface area contributed by atoms with E-state index in [1.54, 1.807) is 7.11 Å². The molecule has 0 saturated carbocycles. The summed E-state index contributed by atoms with van der Waals surface area (Å²) in [4.78, 5) is 6.43. The number of furan rings is 1. The van der Waals surface area contributed by atoms with Crippen molar-refractivity contribution in [3.05, 3.63) is 53.5 Å². The number of ether oxygens (including phenoxy) is 1. The second kappa shape index (κ2) is 6.66. The maximum atomic E-state index is 5.72. The summed E-state index contributed by atoms with van der Waals surface area (Å²) in [5, 5.41) is 4.01. The lowest BCUT2D eigenvalue weighted by Gasteiger charge is -2.05. The second-order valence-corrected chi connectivity index (χ2v) is 5.54. The Labute approximate surface area is 134 Å². The summed E-state index contributed by atoms with van der Waals surface area (Å²) in [7, 11) is 5.62. The third-order valence-corrected chi connectivity index (χ3v) is 3.33. The Morgan fingerprint density at radius 2 is 1.87 bits per heavy atom. The van der Waals surface area contributed by atoms with E-state index in [0.717, 1.165) is 23.6 Å². The van der Waals surface area contributed by atoms with E-state index >= 15 is 0 Å². The van der Waals surface area contributed by atoms with Gasteiger partial charge in [0.15, 0.2) is 11.6 Å². The predicted octanol–water partition coefficient (Wildman–Crippen LogP) is 2.99. The highest BCUT2D eigenvalue weighted by Gasteiger charge is 2.13. The first-order chi connectivity index (χ1) is 11.1. The van der Waals surface area contributed by atoms with Gasteiger partial charge in [0, 0.05) is 6.42 Å². The average Bonchev–Trinajstić information content (AvgIpc) is 3.17. The van der Waals surface area contributed by atoms with E-state index in [9.17, 15) is 0 Å². The molecule has 1 aromatic carbocycles. The maximum Gasteiger partial charge on any atom is 0.293 e. The molecule has 0 amide bonds. The number of aromatic nitrogens is 2. The Balaban J connectivity index is 1.70. The van der Waals surface area contributed by atoms with Crippen molar-refractivity contribution in [2.24, 2.45) is 0 Å². The Morgan fingerprint density at radius 1 is 1.09 bits per heavy atom. The van der Waals surface area contributed by atoms with Crippen molar-refractivity contribution < 1.29 is 13.7 Å². The fraction of sp³-hybridized carbons (Fsp3) is 0.294. The topological polar surface area (TPSA) is 64.5 Å². The summed E-state index contributed by atoms with van der Waals surface area (Å²) >= 11 is 0. The van der Waals surface area contributed by atoms with E-state index in [1.165, 1.54) is 0 Å². The third-order valence-electron chi connectivity index (χ3n) is 3.33. The molecule has 23 heavy (non-hydrogen) atoms. The van der Waals surface area contributed by atoms with Crippen LogP contribution in [0.4, 0.5) is 0 Å². The predicted molar refractivity (Wildman–Crippen MR) is 85.2 cm³/mol. The SMILES string of the molecule is COc1ccc(Cc2noc(-c3ccc(CN(C)C)o3)n2)cc1. The number of benzene rings is 1. The average molecular weight is 313 g/mol. The van der Waals surface area contributed by atoms with Gasteiger partial charge in [-0.05, 0) is 43.9 Å². The smallest absolute Gasteiger partial charge is 0.293 e. The molecule has 3 rings (SSSR count). The van der Waals surface area contributed by atoms with Gasteiger partial charge in [0.2, 0.25) is 0 Å². The van der Waals surface area contributed by atoms with Crippen LogP contribution in [0.5, 0.6) is 5.75 Å². The molecule has 2 aromatic heterocycles. The molecule has 0 bridgehead atoms. The van der Waals surface area contributed by atoms with E-state index < -0.39 is 0 Å². The minimum atomic E-state index is 0.401. The van der Waals surface area contributed by atoms with E-state index in [0.29, 0.717) is 23.9 Å². The lowest BCUT2D eigenvalue weighted by molar-refractivity contribution is 0.347. The molecule has 0 aliphatic heterocycles. The van der Waals surface area contributed by atoms with Gasteiger partial charge in [0.05, 0.1) is 13.7 Å². The summed E-state index contributed by atoms with van der Waals surface area (Å²) in [6.07, 6.45) is 0.596. The zero-order chi connectivity index (χ0) is 16.2. The van der Waals surface area contributed by atoms with E-state index in [4.69, 9.17) is 13.7 Å². The van der Waals surface area contributed by atoms with Gasteiger partial charge in [0.1, 0.15) is 11.5 Å². The number of hydrogen-bond donors (Lipinski definition) is 0. The van der Waals surface area contributed by atoms with Crippen LogP contribution in [0.1, 0.15) is 17.1 Å². The van der Waals surface area contributed by atoms with Crippen LogP contribution in [0.25, 0.3) is 11.7 Å². The summed E-state index contributed by atoms with van der Waals surface area (Å²) < 4.78 is 16.2. The number of nitrogens with zero attached hydrogens (tertiary/aromatic N) is 3. The first kappa shape index (κ1) is 15.3. The normalized spacial score (nSPS) is 11.1. The van der Waals surface area contributed by atoms with Crippen LogP contribution in [-0.2, 0) is 13.0 Å². The van der Waals surface area contributed by atoms with Crippen molar-refractivity contribution in [3.63, 3.8) is 0 Å². The van der Waals surface area contributed by atoms with Crippen LogP contribution in [0.3, 0.4) is 0 Å². The molecule has 0 spiro atoms. The molecule has 0 aliphatic carbocycles. The number of hydrogen-bond acceptors (Lipinski definition) is 6. The van der Waals surface area contributed by atoms with Gasteiger partial charge in [-0.25, -0.2) is 0 Å². The molecule has 6 heteroatoms. The maximum absolute atomic E-state index is 5.72. The fourth-order valence-electron chi connectivity index (χ4n) is 2.24. The van der Waals surface area contributed by atoms with Crippen molar-refractivity contribution in [2.45, 2.75) is 13.0 Å². The molecule has 0 unspecified atom stereocenters. The lowest BCUT2D eigenvalue weighted by atomic mass is 10.1. The number of methoxy groups -OCH3 is 1. The Hall–Kier alpha value is -2.60. The summed E-state index contributed by atoms with van der Waals surface area (Å²) in [5.41, 5.74) is 1.09. The second-order valence-electron chi connectivity index (χ2n) is 5.54. The highest BCUT2D eigenvalue weighted by Crippen LogP contribution is 2.22. The quantitative estimate of drug-likeness (QED) is 0.697. The molecular formula is C17H19N3O3. The van der Waals surface area contributed by atoms with Crippen LogP contribution in [-0.4, -0.2) is 36.2 Å². The molecule has 120 valence electrons. The molecule has 3 aromatic rings. The van der Waals surface area contributed by atoms with Crippen LogP contribution in [0.2, 0.25) is 0 Å². The van der Waals surface area contributed by atoms with Crippen LogP contribution in [0, 0.1) is 0 Å². The molecule has 0 radical (unpaired) electrons.